The van der Waals surface area contributed by atoms with Gasteiger partial charge in [-0.2, -0.15) is 4.57 Å². The molecule has 2 aromatic heterocycles. The van der Waals surface area contributed by atoms with Crippen molar-refractivity contribution in [3.8, 4) is 39.3 Å². The minimum Gasteiger partial charge on any atom is -0.455 e. The fraction of sp³-hybridized carbons (Fsp3) is 0.178. The lowest BCUT2D eigenvalue weighted by atomic mass is 9.88. The largest absolute Gasteiger partial charge is 0.455 e. The van der Waals surface area contributed by atoms with Crippen molar-refractivity contribution in [2.24, 2.45) is 7.05 Å². The highest BCUT2D eigenvalue weighted by Gasteiger charge is 2.34. The molecule has 3 nitrogen and oxygen atoms in total. The van der Waals surface area contributed by atoms with Gasteiger partial charge in [0.15, 0.2) is 16.6 Å². The van der Waals surface area contributed by atoms with Gasteiger partial charge in [-0.05, 0) is 82.9 Å². The molecule has 0 N–H and O–H groups in total. The van der Waals surface area contributed by atoms with Crippen molar-refractivity contribution in [3.05, 3.63) is 144 Å². The van der Waals surface area contributed by atoms with E-state index in [9.17, 15) is 2.74 Å². The molecule has 0 bridgehead atoms. The van der Waals surface area contributed by atoms with Crippen molar-refractivity contribution in [3.63, 3.8) is 0 Å². The quantitative estimate of drug-likeness (QED) is 0.168. The molecular formula is C45H41N2O+. The Morgan fingerprint density at radius 2 is 1.21 bits per heavy atom. The molecule has 0 radical (unpaired) electrons. The minimum atomic E-state index is -0.977. The number of hydrogen-bond acceptors (Lipinski definition) is 1. The van der Waals surface area contributed by atoms with E-state index >= 15 is 0 Å². The summed E-state index contributed by atoms with van der Waals surface area (Å²) < 4.78 is 30.5. The van der Waals surface area contributed by atoms with Crippen molar-refractivity contribution >= 4 is 33.0 Å². The summed E-state index contributed by atoms with van der Waals surface area (Å²) >= 11 is 0. The monoisotopic (exact) mass is 627 g/mol. The van der Waals surface area contributed by atoms with Gasteiger partial charge in [0, 0.05) is 24.6 Å². The highest BCUT2D eigenvalue weighted by Crippen LogP contribution is 2.43. The second kappa shape index (κ2) is 11.7. The summed E-state index contributed by atoms with van der Waals surface area (Å²) in [5.41, 5.74) is 12.7. The maximum Gasteiger partial charge on any atom is 0.299 e. The molecule has 0 aliphatic heterocycles. The summed E-state index contributed by atoms with van der Waals surface area (Å²) in [4.78, 5) is 0. The number of nitrogens with zero attached hydrogens (tertiary/aromatic N) is 2. The van der Waals surface area contributed by atoms with E-state index in [0.29, 0.717) is 0 Å². The Bertz CT molecular complexity index is 2530. The van der Waals surface area contributed by atoms with Crippen LogP contribution in [0.25, 0.3) is 72.3 Å². The van der Waals surface area contributed by atoms with Crippen molar-refractivity contribution in [2.75, 3.05) is 0 Å². The maximum absolute atomic E-state index is 9.55. The summed E-state index contributed by atoms with van der Waals surface area (Å²) in [6.45, 7) is 9.93. The Balaban J connectivity index is 1.50. The van der Waals surface area contributed by atoms with E-state index in [-0.39, 0.29) is 0 Å². The molecule has 6 aromatic carbocycles. The standard InChI is InChI=1S/C45H41N2O/c1-28(2)37-25-34(32-17-11-8-12-18-32)26-38(29(3)4)43(37)47-40-20-14-13-19-39(40)46(6)45(47)42-30(5)21-23-36-35-24-22-33(27-41(35)48-44(36)42)31-15-9-7-10-16-31/h7-29H,1-6H3/q+1/i28D,29D. The SMILES string of the molecule is [2H]C(C)(C)c1cc(-c2ccccc2)cc(C([2H])(C)C)c1-n1c(-c2c(C)ccc3c2oc2cc(-c4ccccc4)ccc23)[n+](C)c2ccccc21. The van der Waals surface area contributed by atoms with E-state index in [0.717, 1.165) is 89.0 Å². The Hall–Kier alpha value is -5.41. The van der Waals surface area contributed by atoms with Gasteiger partial charge in [0.05, 0.1) is 7.05 Å². The van der Waals surface area contributed by atoms with Crippen LogP contribution in [0.4, 0.5) is 0 Å². The van der Waals surface area contributed by atoms with E-state index in [4.69, 9.17) is 4.42 Å². The van der Waals surface area contributed by atoms with E-state index in [1.165, 1.54) is 0 Å². The smallest absolute Gasteiger partial charge is 0.299 e. The Morgan fingerprint density at radius 1 is 0.625 bits per heavy atom. The van der Waals surface area contributed by atoms with Gasteiger partial charge in [0.1, 0.15) is 16.8 Å². The molecule has 0 fully saturated rings. The zero-order valence-corrected chi connectivity index (χ0v) is 28.4. The molecule has 0 saturated heterocycles. The summed E-state index contributed by atoms with van der Waals surface area (Å²) in [6, 6.07) is 44.3. The lowest BCUT2D eigenvalue weighted by Crippen LogP contribution is -2.30. The van der Waals surface area contributed by atoms with Gasteiger partial charge in [-0.25, -0.2) is 4.57 Å². The van der Waals surface area contributed by atoms with E-state index in [1.807, 2.05) is 52.0 Å². The molecule has 0 spiro atoms. The molecule has 0 amide bonds. The third-order valence-corrected chi connectivity index (χ3v) is 9.71. The fourth-order valence-corrected chi connectivity index (χ4v) is 7.28. The van der Waals surface area contributed by atoms with Crippen LogP contribution in [0.1, 0.15) is 58.9 Å². The highest BCUT2D eigenvalue weighted by atomic mass is 16.3. The molecule has 0 saturated carbocycles. The first-order chi connectivity index (χ1) is 23.9. The third kappa shape index (κ3) is 4.76. The molecule has 8 rings (SSSR count). The summed E-state index contributed by atoms with van der Waals surface area (Å²) in [5, 5.41) is 2.12. The minimum absolute atomic E-state index is 0.823. The number of fused-ring (bicyclic) bond motifs is 4. The van der Waals surface area contributed by atoms with Crippen molar-refractivity contribution in [2.45, 2.75) is 46.4 Å². The summed E-state index contributed by atoms with van der Waals surface area (Å²) in [6.07, 6.45) is 0. The van der Waals surface area contributed by atoms with Gasteiger partial charge in [0.2, 0.25) is 0 Å². The number of benzene rings is 6. The second-order valence-electron chi connectivity index (χ2n) is 13.3. The summed E-state index contributed by atoms with van der Waals surface area (Å²) in [7, 11) is 2.11. The van der Waals surface area contributed by atoms with Gasteiger partial charge < -0.3 is 4.42 Å². The highest BCUT2D eigenvalue weighted by molar-refractivity contribution is 6.10. The van der Waals surface area contributed by atoms with E-state index in [2.05, 4.69) is 126 Å². The third-order valence-electron chi connectivity index (χ3n) is 9.71. The number of furan rings is 1. The maximum atomic E-state index is 9.55. The van der Waals surface area contributed by atoms with Crippen molar-refractivity contribution in [1.29, 1.82) is 0 Å². The van der Waals surface area contributed by atoms with Crippen LogP contribution >= 0.6 is 0 Å². The average Bonchev–Trinajstić information content (AvgIpc) is 3.62. The van der Waals surface area contributed by atoms with Gasteiger partial charge in [0.25, 0.3) is 5.82 Å². The first-order valence-electron chi connectivity index (χ1n) is 17.7. The molecule has 0 atom stereocenters. The zero-order chi connectivity index (χ0) is 34.9. The van der Waals surface area contributed by atoms with Crippen LogP contribution in [-0.4, -0.2) is 4.57 Å². The Morgan fingerprint density at radius 3 is 1.85 bits per heavy atom. The van der Waals surface area contributed by atoms with Crippen molar-refractivity contribution < 1.29 is 11.7 Å². The second-order valence-corrected chi connectivity index (χ2v) is 13.3. The van der Waals surface area contributed by atoms with Gasteiger partial charge >= 0.3 is 0 Å². The Labute approximate surface area is 285 Å². The first-order valence-corrected chi connectivity index (χ1v) is 16.7. The number of aryl methyl sites for hydroxylation is 2. The Kier molecular flexibility index (Phi) is 6.74. The number of imidazole rings is 1. The molecule has 3 heteroatoms. The normalized spacial score (nSPS) is 13.0. The number of rotatable bonds is 6. The van der Waals surface area contributed by atoms with Crippen LogP contribution in [0.5, 0.6) is 0 Å². The molecular weight excluding hydrogens is 585 g/mol. The predicted molar refractivity (Wildman–Crippen MR) is 201 cm³/mol. The average molecular weight is 628 g/mol. The van der Waals surface area contributed by atoms with E-state index in [1.54, 1.807) is 0 Å². The number of aromatic nitrogens is 2. The van der Waals surface area contributed by atoms with E-state index < -0.39 is 11.8 Å². The number of hydrogen-bond donors (Lipinski definition) is 0. The van der Waals surface area contributed by atoms with Crippen LogP contribution in [-0.2, 0) is 7.05 Å². The molecule has 0 unspecified atom stereocenters. The van der Waals surface area contributed by atoms with Gasteiger partial charge in [-0.3, -0.25) is 0 Å². The number of para-hydroxylation sites is 2. The van der Waals surface area contributed by atoms with Crippen LogP contribution in [0.2, 0.25) is 0 Å². The topological polar surface area (TPSA) is 21.9 Å². The lowest BCUT2D eigenvalue weighted by molar-refractivity contribution is -0.633. The van der Waals surface area contributed by atoms with Crippen LogP contribution < -0.4 is 4.57 Å². The molecule has 236 valence electrons. The molecule has 2 heterocycles. The van der Waals surface area contributed by atoms with Crippen LogP contribution in [0.15, 0.2) is 132 Å². The molecule has 0 aliphatic carbocycles. The van der Waals surface area contributed by atoms with Crippen molar-refractivity contribution in [1.82, 2.24) is 4.57 Å². The molecule has 0 aliphatic rings. The van der Waals surface area contributed by atoms with Crippen LogP contribution in [0, 0.1) is 6.92 Å². The summed E-state index contributed by atoms with van der Waals surface area (Å²) in [5.74, 6) is -1.01. The molecule has 8 aromatic rings. The van der Waals surface area contributed by atoms with Gasteiger partial charge in [-0.15, -0.1) is 0 Å². The lowest BCUT2D eigenvalue weighted by Gasteiger charge is -2.21. The zero-order valence-electron chi connectivity index (χ0n) is 30.4. The van der Waals surface area contributed by atoms with Crippen LogP contribution in [0.3, 0.4) is 0 Å². The first kappa shape index (κ1) is 27.7. The fourth-order valence-electron chi connectivity index (χ4n) is 7.28. The predicted octanol–water partition coefficient (Wildman–Crippen LogP) is 11.9. The van der Waals surface area contributed by atoms with Gasteiger partial charge in [-0.1, -0.05) is 119 Å². The molecule has 48 heavy (non-hydrogen) atoms.